The molecule has 18 heavy (non-hydrogen) atoms. The fourth-order valence-electron chi connectivity index (χ4n) is 2.43. The van der Waals surface area contributed by atoms with Crippen molar-refractivity contribution < 1.29 is 9.90 Å². The zero-order valence-electron chi connectivity index (χ0n) is 10.3. The average molecular weight is 244 g/mol. The van der Waals surface area contributed by atoms with Gasteiger partial charge in [-0.2, -0.15) is 5.26 Å². The summed E-state index contributed by atoms with van der Waals surface area (Å²) in [6.07, 6.45) is 0.912. The summed E-state index contributed by atoms with van der Waals surface area (Å²) in [5, 5.41) is 18.2. The van der Waals surface area contributed by atoms with Crippen LogP contribution in [0.5, 0.6) is 0 Å². The number of amides is 1. The van der Waals surface area contributed by atoms with Crippen LogP contribution >= 0.6 is 0 Å². The maximum Gasteiger partial charge on any atom is 0.254 e. The molecule has 1 aromatic rings. The highest BCUT2D eigenvalue weighted by atomic mass is 16.3. The highest BCUT2D eigenvalue weighted by Gasteiger charge is 2.34. The molecule has 0 radical (unpaired) electrons. The normalized spacial score (nSPS) is 22.8. The molecule has 2 unspecified atom stereocenters. The van der Waals surface area contributed by atoms with Crippen molar-refractivity contribution >= 4 is 5.91 Å². The van der Waals surface area contributed by atoms with Crippen molar-refractivity contribution in [3.05, 3.63) is 35.4 Å². The van der Waals surface area contributed by atoms with Crippen LogP contribution in [0.15, 0.2) is 24.3 Å². The summed E-state index contributed by atoms with van der Waals surface area (Å²) >= 11 is 0. The molecule has 1 N–H and O–H groups in total. The van der Waals surface area contributed by atoms with Crippen LogP contribution in [0.3, 0.4) is 0 Å². The third kappa shape index (κ3) is 2.22. The van der Waals surface area contributed by atoms with Gasteiger partial charge in [0, 0.05) is 12.1 Å². The van der Waals surface area contributed by atoms with E-state index in [-0.39, 0.29) is 18.6 Å². The molecule has 4 nitrogen and oxygen atoms in total. The predicted molar refractivity (Wildman–Crippen MR) is 66.8 cm³/mol. The first-order chi connectivity index (χ1) is 8.67. The Hall–Kier alpha value is -1.86. The molecule has 0 aromatic heterocycles. The fraction of sp³-hybridized carbons (Fsp3) is 0.429. The molecule has 4 heteroatoms. The third-order valence-corrected chi connectivity index (χ3v) is 3.57. The van der Waals surface area contributed by atoms with Gasteiger partial charge in [0.05, 0.1) is 24.3 Å². The Morgan fingerprint density at radius 3 is 3.06 bits per heavy atom. The monoisotopic (exact) mass is 244 g/mol. The minimum Gasteiger partial charge on any atom is -0.394 e. The van der Waals surface area contributed by atoms with Crippen LogP contribution in [0.4, 0.5) is 0 Å². The lowest BCUT2D eigenvalue weighted by molar-refractivity contribution is 0.0648. The quantitative estimate of drug-likeness (QED) is 0.855. The zero-order chi connectivity index (χ0) is 13.1. The number of hydrogen-bond acceptors (Lipinski definition) is 3. The van der Waals surface area contributed by atoms with Gasteiger partial charge in [-0.05, 0) is 30.5 Å². The second kappa shape index (κ2) is 5.19. The molecule has 1 amide bonds. The summed E-state index contributed by atoms with van der Waals surface area (Å²) in [6, 6.07) is 8.61. The first kappa shape index (κ1) is 12.6. The summed E-state index contributed by atoms with van der Waals surface area (Å²) < 4.78 is 0. The van der Waals surface area contributed by atoms with E-state index < -0.39 is 0 Å². The Kier molecular flexibility index (Phi) is 3.63. The van der Waals surface area contributed by atoms with Gasteiger partial charge in [0.25, 0.3) is 5.91 Å². The molecule has 2 rings (SSSR count). The van der Waals surface area contributed by atoms with Gasteiger partial charge in [-0.15, -0.1) is 0 Å². The van der Waals surface area contributed by atoms with E-state index in [0.29, 0.717) is 23.6 Å². The Labute approximate surface area is 106 Å². The standard InChI is InChI=1S/C14H16N2O2/c1-10-5-6-16(13(10)9-17)14(18)12-4-2-3-11(7-12)8-15/h2-4,7,10,13,17H,5-6,9H2,1H3. The maximum atomic E-state index is 12.3. The van der Waals surface area contributed by atoms with Crippen molar-refractivity contribution in [3.63, 3.8) is 0 Å². The van der Waals surface area contributed by atoms with E-state index >= 15 is 0 Å². The molecule has 0 spiro atoms. The average Bonchev–Trinajstić information content (AvgIpc) is 2.79. The van der Waals surface area contributed by atoms with E-state index in [2.05, 4.69) is 0 Å². The molecule has 1 aliphatic heterocycles. The summed E-state index contributed by atoms with van der Waals surface area (Å²) in [7, 11) is 0. The van der Waals surface area contributed by atoms with Crippen LogP contribution < -0.4 is 0 Å². The third-order valence-electron chi connectivity index (χ3n) is 3.57. The van der Waals surface area contributed by atoms with Crippen molar-refractivity contribution in [2.24, 2.45) is 5.92 Å². The van der Waals surface area contributed by atoms with E-state index in [0.717, 1.165) is 6.42 Å². The predicted octanol–water partition coefficient (Wildman–Crippen LogP) is 1.40. The molecular weight excluding hydrogens is 228 g/mol. The van der Waals surface area contributed by atoms with Gasteiger partial charge in [-0.3, -0.25) is 4.79 Å². The minimum atomic E-state index is -0.108. The molecule has 0 aliphatic carbocycles. The number of aliphatic hydroxyl groups excluding tert-OH is 1. The Bertz CT molecular complexity index is 493. The lowest BCUT2D eigenvalue weighted by Crippen LogP contribution is -2.39. The Morgan fingerprint density at radius 2 is 2.39 bits per heavy atom. The molecule has 1 saturated heterocycles. The first-order valence-corrected chi connectivity index (χ1v) is 6.09. The van der Waals surface area contributed by atoms with Gasteiger partial charge in [0.15, 0.2) is 0 Å². The molecule has 1 fully saturated rings. The molecule has 1 aromatic carbocycles. The number of carbonyl (C=O) groups is 1. The molecule has 94 valence electrons. The number of aliphatic hydroxyl groups is 1. The second-order valence-corrected chi connectivity index (χ2v) is 4.71. The summed E-state index contributed by atoms with van der Waals surface area (Å²) in [5.41, 5.74) is 0.996. The van der Waals surface area contributed by atoms with E-state index in [9.17, 15) is 9.90 Å². The van der Waals surface area contributed by atoms with Crippen molar-refractivity contribution in [2.45, 2.75) is 19.4 Å². The molecule has 1 aliphatic rings. The number of nitrogens with zero attached hydrogens (tertiary/aromatic N) is 2. The van der Waals surface area contributed by atoms with Gasteiger partial charge in [0.2, 0.25) is 0 Å². The van der Waals surface area contributed by atoms with Gasteiger partial charge >= 0.3 is 0 Å². The van der Waals surface area contributed by atoms with E-state index in [1.54, 1.807) is 29.2 Å². The SMILES string of the molecule is CC1CCN(C(=O)c2cccc(C#N)c2)C1CO. The summed E-state index contributed by atoms with van der Waals surface area (Å²) in [6.45, 7) is 2.70. The number of likely N-dealkylation sites (tertiary alicyclic amines) is 1. The Morgan fingerprint density at radius 1 is 1.61 bits per heavy atom. The van der Waals surface area contributed by atoms with E-state index in [1.807, 2.05) is 13.0 Å². The largest absolute Gasteiger partial charge is 0.394 e. The number of carbonyl (C=O) groups excluding carboxylic acids is 1. The van der Waals surface area contributed by atoms with Crippen molar-refractivity contribution in [3.8, 4) is 6.07 Å². The fourth-order valence-corrected chi connectivity index (χ4v) is 2.43. The highest BCUT2D eigenvalue weighted by molar-refractivity contribution is 5.95. The van der Waals surface area contributed by atoms with Crippen LogP contribution in [0, 0.1) is 17.2 Å². The first-order valence-electron chi connectivity index (χ1n) is 6.09. The van der Waals surface area contributed by atoms with Crippen LogP contribution in [0.25, 0.3) is 0 Å². The molecule has 0 bridgehead atoms. The number of benzene rings is 1. The van der Waals surface area contributed by atoms with Crippen molar-refractivity contribution in [2.75, 3.05) is 13.2 Å². The molecule has 1 heterocycles. The van der Waals surface area contributed by atoms with E-state index in [1.165, 1.54) is 0 Å². The van der Waals surface area contributed by atoms with Gasteiger partial charge in [0.1, 0.15) is 0 Å². The van der Waals surface area contributed by atoms with Crippen LogP contribution in [-0.4, -0.2) is 35.1 Å². The van der Waals surface area contributed by atoms with Gasteiger partial charge in [-0.25, -0.2) is 0 Å². The maximum absolute atomic E-state index is 12.3. The van der Waals surface area contributed by atoms with Crippen molar-refractivity contribution in [1.29, 1.82) is 5.26 Å². The lowest BCUT2D eigenvalue weighted by Gasteiger charge is -2.25. The van der Waals surface area contributed by atoms with Crippen LogP contribution in [0.2, 0.25) is 0 Å². The van der Waals surface area contributed by atoms with Gasteiger partial charge in [-0.1, -0.05) is 13.0 Å². The van der Waals surface area contributed by atoms with Crippen LogP contribution in [0.1, 0.15) is 29.3 Å². The molecule has 0 saturated carbocycles. The number of nitriles is 1. The van der Waals surface area contributed by atoms with Crippen molar-refractivity contribution in [1.82, 2.24) is 4.90 Å². The molecule has 2 atom stereocenters. The number of hydrogen-bond donors (Lipinski definition) is 1. The highest BCUT2D eigenvalue weighted by Crippen LogP contribution is 2.25. The minimum absolute atomic E-state index is 0.00908. The summed E-state index contributed by atoms with van der Waals surface area (Å²) in [4.78, 5) is 14.0. The molecular formula is C14H16N2O2. The Balaban J connectivity index is 2.23. The zero-order valence-corrected chi connectivity index (χ0v) is 10.3. The topological polar surface area (TPSA) is 64.3 Å². The van der Waals surface area contributed by atoms with Gasteiger partial charge < -0.3 is 10.0 Å². The summed E-state index contributed by atoms with van der Waals surface area (Å²) in [5.74, 6) is 0.216. The van der Waals surface area contributed by atoms with Crippen LogP contribution in [-0.2, 0) is 0 Å². The lowest BCUT2D eigenvalue weighted by atomic mass is 10.0. The smallest absolute Gasteiger partial charge is 0.254 e. The number of rotatable bonds is 2. The second-order valence-electron chi connectivity index (χ2n) is 4.71. The van der Waals surface area contributed by atoms with E-state index in [4.69, 9.17) is 5.26 Å².